The average molecular weight is 168 g/mol. The Balaban J connectivity index is 2.76. The minimum Gasteiger partial charge on any atom is -0.431 e. The minimum atomic E-state index is -0.219. The fraction of sp³-hybridized carbons (Fsp3) is 0.556. The van der Waals surface area contributed by atoms with E-state index in [1.807, 2.05) is 0 Å². The van der Waals surface area contributed by atoms with Crippen molar-refractivity contribution in [1.82, 2.24) is 0 Å². The van der Waals surface area contributed by atoms with Crippen LogP contribution in [-0.2, 0) is 14.3 Å². The Morgan fingerprint density at radius 3 is 2.75 bits per heavy atom. The molecule has 0 amide bonds. The predicted molar refractivity (Wildman–Crippen MR) is 43.3 cm³/mol. The summed E-state index contributed by atoms with van der Waals surface area (Å²) in [5.41, 5.74) is 0.533. The van der Waals surface area contributed by atoms with Crippen molar-refractivity contribution in [1.29, 1.82) is 0 Å². The van der Waals surface area contributed by atoms with Crippen molar-refractivity contribution in [2.24, 2.45) is 0 Å². The van der Waals surface area contributed by atoms with Gasteiger partial charge in [0.2, 0.25) is 0 Å². The number of hydrogen-bond donors (Lipinski definition) is 0. The van der Waals surface area contributed by atoms with Gasteiger partial charge in [0.25, 0.3) is 0 Å². The smallest absolute Gasteiger partial charge is 0.310 e. The molecule has 0 radical (unpaired) electrons. The van der Waals surface area contributed by atoms with E-state index in [1.165, 1.54) is 0 Å². The Morgan fingerprint density at radius 2 is 2.08 bits per heavy atom. The second-order valence-electron chi connectivity index (χ2n) is 2.91. The first-order valence-electron chi connectivity index (χ1n) is 4.09. The molecule has 0 saturated carbocycles. The van der Waals surface area contributed by atoms with Gasteiger partial charge in [-0.1, -0.05) is 0 Å². The zero-order valence-electron chi connectivity index (χ0n) is 7.13. The first-order valence-corrected chi connectivity index (χ1v) is 4.09. The van der Waals surface area contributed by atoms with Crippen LogP contribution in [0.1, 0.15) is 32.6 Å². The number of aldehydes is 1. The summed E-state index contributed by atoms with van der Waals surface area (Å²) in [5, 5.41) is 0. The van der Waals surface area contributed by atoms with Crippen LogP contribution in [0.2, 0.25) is 0 Å². The molecule has 3 nitrogen and oxygen atoms in total. The normalized spacial score (nSPS) is 22.6. The number of carbonyl (C=O) groups is 2. The van der Waals surface area contributed by atoms with E-state index >= 15 is 0 Å². The van der Waals surface area contributed by atoms with Crippen molar-refractivity contribution < 1.29 is 14.3 Å². The average Bonchev–Trinajstić information content (AvgIpc) is 2.28. The van der Waals surface area contributed by atoms with Gasteiger partial charge in [-0.05, 0) is 19.8 Å². The Hall–Kier alpha value is -1.12. The molecule has 66 valence electrons. The molecule has 0 aromatic heterocycles. The third kappa shape index (κ3) is 2.19. The monoisotopic (exact) mass is 168 g/mol. The maximum Gasteiger partial charge on any atom is 0.310 e. The molecular formula is C9H12O3. The van der Waals surface area contributed by atoms with E-state index in [0.717, 1.165) is 19.1 Å². The van der Waals surface area contributed by atoms with Gasteiger partial charge in [0, 0.05) is 18.4 Å². The van der Waals surface area contributed by atoms with Crippen LogP contribution < -0.4 is 0 Å². The molecule has 1 heterocycles. The fourth-order valence-corrected chi connectivity index (χ4v) is 1.14. The molecule has 0 aromatic carbocycles. The van der Waals surface area contributed by atoms with Crippen LogP contribution >= 0.6 is 0 Å². The largest absolute Gasteiger partial charge is 0.431 e. The third-order valence-electron chi connectivity index (χ3n) is 1.89. The first kappa shape index (κ1) is 8.97. The first-order chi connectivity index (χ1) is 5.74. The third-order valence-corrected chi connectivity index (χ3v) is 1.89. The lowest BCUT2D eigenvalue weighted by Gasteiger charge is -2.04. The van der Waals surface area contributed by atoms with Gasteiger partial charge >= 0.3 is 5.97 Å². The minimum absolute atomic E-state index is 0.219. The van der Waals surface area contributed by atoms with Crippen molar-refractivity contribution in [2.75, 3.05) is 0 Å². The van der Waals surface area contributed by atoms with Crippen molar-refractivity contribution >= 4 is 12.3 Å². The van der Waals surface area contributed by atoms with Gasteiger partial charge < -0.3 is 4.74 Å². The molecule has 1 aliphatic rings. The number of allylic oxidation sites excluding steroid dienone is 2. The summed E-state index contributed by atoms with van der Waals surface area (Å²) in [7, 11) is 0. The van der Waals surface area contributed by atoms with Gasteiger partial charge in [-0.25, -0.2) is 0 Å². The van der Waals surface area contributed by atoms with Gasteiger partial charge in [0.15, 0.2) is 0 Å². The second-order valence-corrected chi connectivity index (χ2v) is 2.91. The zero-order chi connectivity index (χ0) is 8.97. The van der Waals surface area contributed by atoms with Gasteiger partial charge in [0.05, 0.1) is 0 Å². The molecule has 0 spiro atoms. The molecule has 1 fully saturated rings. The number of esters is 1. The molecule has 1 saturated heterocycles. The molecule has 3 heteroatoms. The predicted octanol–water partition coefficient (Wildman–Crippen LogP) is 1.58. The van der Waals surface area contributed by atoms with E-state index in [1.54, 1.807) is 6.92 Å². The Kier molecular flexibility index (Phi) is 3.02. The standard InChI is InChI=1S/C9H12O3/c1-7(6-10)8-4-2-3-5-9(11)12-8/h6H,2-5H2,1H3/b8-7-. The highest BCUT2D eigenvalue weighted by Crippen LogP contribution is 2.19. The van der Waals surface area contributed by atoms with Crippen LogP contribution in [0.4, 0.5) is 0 Å². The number of rotatable bonds is 1. The lowest BCUT2D eigenvalue weighted by atomic mass is 10.1. The molecule has 0 aromatic rings. The van der Waals surface area contributed by atoms with Gasteiger partial charge in [0.1, 0.15) is 12.0 Å². The quantitative estimate of drug-likeness (QED) is 0.339. The van der Waals surface area contributed by atoms with Crippen LogP contribution in [0.15, 0.2) is 11.3 Å². The number of ether oxygens (including phenoxy) is 1. The second kappa shape index (κ2) is 4.04. The molecule has 1 aliphatic heterocycles. The Bertz CT molecular complexity index is 228. The summed E-state index contributed by atoms with van der Waals surface area (Å²) in [4.78, 5) is 21.3. The summed E-state index contributed by atoms with van der Waals surface area (Å²) in [6.45, 7) is 1.67. The van der Waals surface area contributed by atoms with Crippen LogP contribution in [-0.4, -0.2) is 12.3 Å². The van der Waals surface area contributed by atoms with Gasteiger partial charge in [-0.3, -0.25) is 9.59 Å². The maximum absolute atomic E-state index is 10.9. The van der Waals surface area contributed by atoms with E-state index in [9.17, 15) is 9.59 Å². The highest BCUT2D eigenvalue weighted by atomic mass is 16.5. The number of carbonyl (C=O) groups excluding carboxylic acids is 2. The van der Waals surface area contributed by atoms with Crippen LogP contribution in [0.25, 0.3) is 0 Å². The van der Waals surface area contributed by atoms with E-state index in [4.69, 9.17) is 4.74 Å². The van der Waals surface area contributed by atoms with Crippen molar-refractivity contribution in [3.8, 4) is 0 Å². The zero-order valence-corrected chi connectivity index (χ0v) is 7.13. The van der Waals surface area contributed by atoms with E-state index in [0.29, 0.717) is 24.2 Å². The van der Waals surface area contributed by atoms with Crippen LogP contribution in [0, 0.1) is 0 Å². The molecule has 0 atom stereocenters. The summed E-state index contributed by atoms with van der Waals surface area (Å²) >= 11 is 0. The summed E-state index contributed by atoms with van der Waals surface area (Å²) in [6, 6.07) is 0. The summed E-state index contributed by atoms with van der Waals surface area (Å²) in [6.07, 6.45) is 3.68. The molecular weight excluding hydrogens is 156 g/mol. The SMILES string of the molecule is C/C(C=O)=C1\CCCCC(=O)O1. The molecule has 0 unspecified atom stereocenters. The van der Waals surface area contributed by atoms with Crippen LogP contribution in [0.3, 0.4) is 0 Å². The summed E-state index contributed by atoms with van der Waals surface area (Å²) < 4.78 is 4.97. The molecule has 0 aliphatic carbocycles. The molecule has 12 heavy (non-hydrogen) atoms. The van der Waals surface area contributed by atoms with Crippen LogP contribution in [0.5, 0.6) is 0 Å². The summed E-state index contributed by atoms with van der Waals surface area (Å²) in [5.74, 6) is 0.330. The van der Waals surface area contributed by atoms with Gasteiger partial charge in [-0.15, -0.1) is 0 Å². The van der Waals surface area contributed by atoms with E-state index < -0.39 is 0 Å². The van der Waals surface area contributed by atoms with Gasteiger partial charge in [-0.2, -0.15) is 0 Å². The van der Waals surface area contributed by atoms with Crippen molar-refractivity contribution in [2.45, 2.75) is 32.6 Å². The Labute approximate surface area is 71.4 Å². The number of hydrogen-bond acceptors (Lipinski definition) is 3. The Morgan fingerprint density at radius 1 is 1.42 bits per heavy atom. The van der Waals surface area contributed by atoms with Crippen molar-refractivity contribution in [3.05, 3.63) is 11.3 Å². The number of cyclic esters (lactones) is 1. The molecule has 0 N–H and O–H groups in total. The van der Waals surface area contributed by atoms with E-state index in [-0.39, 0.29) is 5.97 Å². The highest BCUT2D eigenvalue weighted by Gasteiger charge is 2.14. The van der Waals surface area contributed by atoms with Crippen molar-refractivity contribution in [3.63, 3.8) is 0 Å². The highest BCUT2D eigenvalue weighted by molar-refractivity contribution is 5.76. The molecule has 0 bridgehead atoms. The maximum atomic E-state index is 10.9. The lowest BCUT2D eigenvalue weighted by Crippen LogP contribution is -2.02. The molecule has 1 rings (SSSR count). The van der Waals surface area contributed by atoms with E-state index in [2.05, 4.69) is 0 Å². The lowest BCUT2D eigenvalue weighted by molar-refractivity contribution is -0.139. The topological polar surface area (TPSA) is 43.4 Å². The fourth-order valence-electron chi connectivity index (χ4n) is 1.14.